The number of likely N-dealkylation sites (tertiary alicyclic amines) is 1. The first-order valence-corrected chi connectivity index (χ1v) is 13.0. The number of allylic oxidation sites excluding steroid dienone is 6. The van der Waals surface area contributed by atoms with E-state index in [-0.39, 0.29) is 6.03 Å². The van der Waals surface area contributed by atoms with Crippen LogP contribution >= 0.6 is 0 Å². The average Bonchev–Trinajstić information content (AvgIpc) is 3.49. The summed E-state index contributed by atoms with van der Waals surface area (Å²) >= 11 is 0. The van der Waals surface area contributed by atoms with Crippen LogP contribution in [0.25, 0.3) is 0 Å². The molecule has 2 amide bonds. The van der Waals surface area contributed by atoms with Crippen LogP contribution in [0.5, 0.6) is 0 Å². The van der Waals surface area contributed by atoms with Crippen molar-refractivity contribution in [1.82, 2.24) is 20.0 Å². The molecule has 5 heteroatoms. The molecule has 1 N–H and O–H groups in total. The number of hydrogen-bond donors (Lipinski definition) is 1. The Morgan fingerprint density at radius 2 is 1.97 bits per heavy atom. The van der Waals surface area contributed by atoms with Crippen molar-refractivity contribution in [2.75, 3.05) is 39.3 Å². The lowest BCUT2D eigenvalue weighted by Crippen LogP contribution is -2.36. The van der Waals surface area contributed by atoms with Crippen LogP contribution in [0.3, 0.4) is 0 Å². The fourth-order valence-corrected chi connectivity index (χ4v) is 5.13. The lowest BCUT2D eigenvalue weighted by molar-refractivity contribution is 0.184. The van der Waals surface area contributed by atoms with Crippen LogP contribution in [0.15, 0.2) is 48.7 Å². The Labute approximate surface area is 203 Å². The highest BCUT2D eigenvalue weighted by molar-refractivity contribution is 5.76. The molecule has 0 radical (unpaired) electrons. The molecule has 0 aliphatic carbocycles. The van der Waals surface area contributed by atoms with Gasteiger partial charge in [-0.05, 0) is 85.2 Å². The first-order chi connectivity index (χ1) is 15.8. The summed E-state index contributed by atoms with van der Waals surface area (Å²) in [6.07, 6.45) is 13.2. The van der Waals surface area contributed by atoms with E-state index in [2.05, 4.69) is 63.2 Å². The van der Waals surface area contributed by atoms with Crippen molar-refractivity contribution in [1.29, 1.82) is 0 Å². The van der Waals surface area contributed by atoms with Crippen LogP contribution in [-0.4, -0.2) is 72.1 Å². The third kappa shape index (κ3) is 7.77. The fourth-order valence-electron chi connectivity index (χ4n) is 5.13. The van der Waals surface area contributed by atoms with Gasteiger partial charge in [0.1, 0.15) is 0 Å². The van der Waals surface area contributed by atoms with Gasteiger partial charge in [0, 0.05) is 44.0 Å². The molecule has 0 bridgehead atoms. The molecule has 0 saturated carbocycles. The summed E-state index contributed by atoms with van der Waals surface area (Å²) < 4.78 is 0. The van der Waals surface area contributed by atoms with Gasteiger partial charge in [0.15, 0.2) is 0 Å². The minimum atomic E-state index is 0.197. The Hall–Kier alpha value is -2.01. The maximum atomic E-state index is 11.4. The SMILES string of the molecule is C=C/C=C\C(=C/C)CCC1CNC[C@@H]1CN1C(=C)CCC1C.CCN1CCN(C(C)C)C1=O. The van der Waals surface area contributed by atoms with Crippen LogP contribution in [0.4, 0.5) is 4.79 Å². The molecule has 3 fully saturated rings. The van der Waals surface area contributed by atoms with Crippen LogP contribution in [-0.2, 0) is 0 Å². The van der Waals surface area contributed by atoms with Gasteiger partial charge >= 0.3 is 6.03 Å². The molecule has 0 aromatic rings. The summed E-state index contributed by atoms with van der Waals surface area (Å²) in [6.45, 7) is 24.7. The van der Waals surface area contributed by atoms with E-state index in [0.717, 1.165) is 38.0 Å². The predicted molar refractivity (Wildman–Crippen MR) is 141 cm³/mol. The molecule has 3 heterocycles. The van der Waals surface area contributed by atoms with Gasteiger partial charge in [-0.3, -0.25) is 0 Å². The standard InChI is InChI=1S/C20H32N2.C8H16N2O/c1-5-7-8-18(6-2)11-12-19-13-21-14-20(19)15-22-16(3)9-10-17(22)4;1-4-9-5-6-10(7(2)3)8(9)11/h5-8,17,19-21H,1,3,9-15H2,2,4H3;7H,4-6H2,1-3H3/b8-7-,18-6+;/t17?,19?,20-;/m1./s1. The number of rotatable bonds is 9. The number of nitrogens with one attached hydrogen (secondary N) is 1. The molecule has 3 saturated heterocycles. The third-order valence-electron chi connectivity index (χ3n) is 7.45. The Morgan fingerprint density at radius 3 is 2.48 bits per heavy atom. The molecule has 2 unspecified atom stereocenters. The van der Waals surface area contributed by atoms with Crippen molar-refractivity contribution in [3.05, 3.63) is 48.7 Å². The van der Waals surface area contributed by atoms with Gasteiger partial charge in [0.05, 0.1) is 0 Å². The lowest BCUT2D eigenvalue weighted by Gasteiger charge is -2.30. The minimum Gasteiger partial charge on any atom is -0.372 e. The molecule has 3 aliphatic heterocycles. The van der Waals surface area contributed by atoms with Crippen molar-refractivity contribution in [2.24, 2.45) is 11.8 Å². The monoisotopic (exact) mass is 456 g/mol. The first kappa shape index (κ1) is 27.2. The quantitative estimate of drug-likeness (QED) is 0.470. The number of urea groups is 1. The molecule has 5 nitrogen and oxygen atoms in total. The molecule has 3 aliphatic rings. The molecule has 0 aromatic heterocycles. The van der Waals surface area contributed by atoms with Gasteiger partial charge in [-0.15, -0.1) is 0 Å². The van der Waals surface area contributed by atoms with E-state index in [1.54, 1.807) is 0 Å². The zero-order chi connectivity index (χ0) is 24.4. The third-order valence-corrected chi connectivity index (χ3v) is 7.45. The highest BCUT2D eigenvalue weighted by Gasteiger charge is 2.32. The summed E-state index contributed by atoms with van der Waals surface area (Å²) in [6, 6.07) is 1.22. The second kappa shape index (κ2) is 13.6. The highest BCUT2D eigenvalue weighted by atomic mass is 16.2. The Balaban J connectivity index is 0.000000294. The molecular weight excluding hydrogens is 408 g/mol. The number of amides is 2. The van der Waals surface area contributed by atoms with Crippen LogP contribution in [0.2, 0.25) is 0 Å². The van der Waals surface area contributed by atoms with Gasteiger partial charge in [-0.1, -0.05) is 43.0 Å². The summed E-state index contributed by atoms with van der Waals surface area (Å²) in [5.41, 5.74) is 2.77. The van der Waals surface area contributed by atoms with E-state index in [0.29, 0.717) is 12.1 Å². The van der Waals surface area contributed by atoms with Gasteiger partial charge in [-0.25, -0.2) is 4.79 Å². The molecule has 3 rings (SSSR count). The summed E-state index contributed by atoms with van der Waals surface area (Å²) in [7, 11) is 0. The largest absolute Gasteiger partial charge is 0.372 e. The molecule has 3 atom stereocenters. The number of likely N-dealkylation sites (N-methyl/N-ethyl adjacent to an activating group) is 1. The minimum absolute atomic E-state index is 0.197. The van der Waals surface area contributed by atoms with Gasteiger partial charge in [0.2, 0.25) is 0 Å². The van der Waals surface area contributed by atoms with Crippen LogP contribution < -0.4 is 5.32 Å². The molecular formula is C28H48N4O. The molecule has 0 aromatic carbocycles. The van der Waals surface area contributed by atoms with Crippen molar-refractivity contribution in [2.45, 2.75) is 72.4 Å². The van der Waals surface area contributed by atoms with E-state index in [4.69, 9.17) is 0 Å². The average molecular weight is 457 g/mol. The number of hydrogen-bond acceptors (Lipinski definition) is 3. The Bertz CT molecular complexity index is 711. The van der Waals surface area contributed by atoms with Gasteiger partial charge < -0.3 is 20.0 Å². The van der Waals surface area contributed by atoms with E-state index in [1.165, 1.54) is 50.0 Å². The van der Waals surface area contributed by atoms with E-state index in [1.807, 2.05) is 28.9 Å². The zero-order valence-corrected chi connectivity index (χ0v) is 21.9. The second-order valence-electron chi connectivity index (χ2n) is 9.93. The van der Waals surface area contributed by atoms with Crippen LogP contribution in [0, 0.1) is 11.8 Å². The lowest BCUT2D eigenvalue weighted by atomic mass is 9.89. The summed E-state index contributed by atoms with van der Waals surface area (Å²) in [4.78, 5) is 17.8. The highest BCUT2D eigenvalue weighted by Crippen LogP contribution is 2.31. The smallest absolute Gasteiger partial charge is 0.320 e. The van der Waals surface area contributed by atoms with Gasteiger partial charge in [-0.2, -0.15) is 0 Å². The van der Waals surface area contributed by atoms with Crippen molar-refractivity contribution >= 4 is 6.03 Å². The normalized spacial score (nSPS) is 26.1. The van der Waals surface area contributed by atoms with Gasteiger partial charge in [0.25, 0.3) is 0 Å². The summed E-state index contributed by atoms with van der Waals surface area (Å²) in [5.74, 6) is 1.55. The Morgan fingerprint density at radius 1 is 1.24 bits per heavy atom. The van der Waals surface area contributed by atoms with E-state index >= 15 is 0 Å². The number of carbonyl (C=O) groups excluding carboxylic acids is 1. The second-order valence-corrected chi connectivity index (χ2v) is 9.93. The van der Waals surface area contributed by atoms with E-state index in [9.17, 15) is 4.79 Å². The first-order valence-electron chi connectivity index (χ1n) is 13.0. The maximum Gasteiger partial charge on any atom is 0.320 e. The van der Waals surface area contributed by atoms with Crippen LogP contribution in [0.1, 0.15) is 60.3 Å². The topological polar surface area (TPSA) is 38.8 Å². The molecule has 186 valence electrons. The number of carbonyl (C=O) groups is 1. The molecule has 33 heavy (non-hydrogen) atoms. The zero-order valence-electron chi connectivity index (χ0n) is 21.9. The maximum absolute atomic E-state index is 11.4. The van der Waals surface area contributed by atoms with E-state index < -0.39 is 0 Å². The Kier molecular flexibility index (Phi) is 11.3. The predicted octanol–water partition coefficient (Wildman–Crippen LogP) is 5.44. The summed E-state index contributed by atoms with van der Waals surface area (Å²) in [5, 5.41) is 3.60. The van der Waals surface area contributed by atoms with Crippen molar-refractivity contribution in [3.8, 4) is 0 Å². The van der Waals surface area contributed by atoms with Crippen molar-refractivity contribution < 1.29 is 4.79 Å². The fraction of sp³-hybridized carbons (Fsp3) is 0.679. The molecule has 0 spiro atoms. The number of nitrogens with zero attached hydrogens (tertiary/aromatic N) is 3. The van der Waals surface area contributed by atoms with Crippen molar-refractivity contribution in [3.63, 3.8) is 0 Å².